The highest BCUT2D eigenvalue weighted by molar-refractivity contribution is 7.47. The largest absolute Gasteiger partial charge is 0.472 e. The first-order chi connectivity index (χ1) is 33.4. The topological polar surface area (TPSA) is 111 Å². The Morgan fingerprint density at radius 3 is 1.41 bits per heavy atom. The smallest absolute Gasteiger partial charge is 0.456 e. The number of hydrogen-bond donors (Lipinski definition) is 2. The van der Waals surface area contributed by atoms with Crippen molar-refractivity contribution in [1.29, 1.82) is 0 Å². The van der Waals surface area contributed by atoms with Crippen LogP contribution in [0.2, 0.25) is 0 Å². The Balaban J connectivity index is 5.51. The van der Waals surface area contributed by atoms with E-state index in [-0.39, 0.29) is 37.9 Å². The lowest BCUT2D eigenvalue weighted by Gasteiger charge is -2.27. The molecule has 0 aliphatic rings. The summed E-state index contributed by atoms with van der Waals surface area (Å²) < 4.78 is 30.5. The van der Waals surface area contributed by atoms with Crippen LogP contribution in [-0.4, -0.2) is 74.3 Å². The number of quaternary nitrogens is 1. The minimum absolute atomic E-state index is 0.0251. The maximum atomic E-state index is 13.5. The Bertz CT molecular complexity index is 1510. The van der Waals surface area contributed by atoms with E-state index in [0.717, 1.165) is 109 Å². The van der Waals surface area contributed by atoms with Crippen molar-refractivity contribution in [1.82, 2.24) is 5.32 Å². The van der Waals surface area contributed by atoms with E-state index in [4.69, 9.17) is 13.8 Å². The molecular weight excluding hydrogens is 880 g/mol. The molecule has 0 radical (unpaired) electrons. The summed E-state index contributed by atoms with van der Waals surface area (Å²) in [6.45, 7) is 6.72. The van der Waals surface area contributed by atoms with Crippen molar-refractivity contribution in [2.75, 3.05) is 40.9 Å². The Morgan fingerprint density at radius 1 is 0.522 bits per heavy atom. The number of esters is 1. The number of nitrogens with one attached hydrogen (secondary N) is 1. The summed E-state index contributed by atoms with van der Waals surface area (Å²) in [5.41, 5.74) is 0. The van der Waals surface area contributed by atoms with Gasteiger partial charge in [0.1, 0.15) is 19.3 Å². The zero-order valence-corrected chi connectivity index (χ0v) is 45.9. The highest BCUT2D eigenvalue weighted by atomic mass is 31.2. The van der Waals surface area contributed by atoms with Gasteiger partial charge in [-0.1, -0.05) is 195 Å². The molecule has 3 unspecified atom stereocenters. The summed E-state index contributed by atoms with van der Waals surface area (Å²) in [5, 5.41) is 3.02. The van der Waals surface area contributed by atoms with Crippen LogP contribution in [0, 0.1) is 0 Å². The number of amides is 1. The molecule has 0 saturated carbocycles. The Hall–Kier alpha value is -3.07. The Morgan fingerprint density at radius 2 is 0.928 bits per heavy atom. The molecule has 2 N–H and O–H groups in total. The number of hydrogen-bond acceptors (Lipinski definition) is 6. The number of likely N-dealkylation sites (N-methyl/N-ethyl adjacent to an activating group) is 1. The van der Waals surface area contributed by atoms with Crippen LogP contribution in [0.25, 0.3) is 0 Å². The van der Waals surface area contributed by atoms with Gasteiger partial charge in [-0.3, -0.25) is 18.6 Å². The minimum atomic E-state index is -4.46. The summed E-state index contributed by atoms with van der Waals surface area (Å²) in [5.74, 6) is -0.575. The predicted octanol–water partition coefficient (Wildman–Crippen LogP) is 16.4. The summed E-state index contributed by atoms with van der Waals surface area (Å²) in [4.78, 5) is 37.5. The predicted molar refractivity (Wildman–Crippen MR) is 295 cm³/mol. The third-order valence-corrected chi connectivity index (χ3v) is 12.5. The van der Waals surface area contributed by atoms with Crippen LogP contribution in [0.1, 0.15) is 213 Å². The Labute approximate surface area is 424 Å². The van der Waals surface area contributed by atoms with Gasteiger partial charge in [-0.25, -0.2) is 4.57 Å². The van der Waals surface area contributed by atoms with Gasteiger partial charge in [0, 0.05) is 12.8 Å². The third-order valence-electron chi connectivity index (χ3n) is 11.5. The molecule has 69 heavy (non-hydrogen) atoms. The first-order valence-electron chi connectivity index (χ1n) is 27.6. The number of carbonyl (C=O) groups excluding carboxylic acids is 2. The number of ether oxygens (including phenoxy) is 1. The van der Waals surface area contributed by atoms with Crippen LogP contribution >= 0.6 is 7.82 Å². The van der Waals surface area contributed by atoms with E-state index in [2.05, 4.69) is 111 Å². The lowest BCUT2D eigenvalue weighted by Crippen LogP contribution is -2.47. The van der Waals surface area contributed by atoms with Crippen molar-refractivity contribution in [3.8, 4) is 0 Å². The van der Waals surface area contributed by atoms with E-state index in [1.165, 1.54) is 57.8 Å². The standard InChI is InChI=1S/C59H103N2O7P/c1-7-10-13-16-19-22-25-28-30-31-33-36-39-42-45-48-51-58(62)60-56(55-67-69(64,65)66-54-53-61(4,5)6)57(50-47-44-41-38-35-32-27-24-21-18-15-12-9-3)68-59(63)52-49-46-43-40-37-34-29-26-23-20-17-14-11-8-2/h10-11,13-14,19-20,22-23,28-30,33-34,36,47,50,56-57H,7-9,12,15-18,21,24-27,31-32,35,37-46,48-49,51-55H2,1-6H3,(H-,60,62,64,65)/p+1/b13-10+,14-11+,22-19+,23-20+,30-28+,34-29+,36-33+,50-47+. The SMILES string of the molecule is CC/C=C/C/C=C/C/C=C/C/C=C/CCCCCC(=O)NC(COP(=O)(O)OCC[N+](C)(C)C)C(/C=C/CCCCCCCCCCCCC)OC(=O)CCCCCC/C=C/C/C=C/C/C=C/CC. The van der Waals surface area contributed by atoms with Gasteiger partial charge in [-0.05, 0) is 102 Å². The summed E-state index contributed by atoms with van der Waals surface area (Å²) in [6, 6.07) is -0.878. The highest BCUT2D eigenvalue weighted by Gasteiger charge is 2.30. The molecule has 0 aliphatic carbocycles. The fourth-order valence-corrected chi connectivity index (χ4v) is 8.03. The molecule has 0 aromatic carbocycles. The molecule has 0 aromatic heterocycles. The first-order valence-corrected chi connectivity index (χ1v) is 29.1. The van der Waals surface area contributed by atoms with Gasteiger partial charge in [-0.2, -0.15) is 0 Å². The molecule has 396 valence electrons. The maximum absolute atomic E-state index is 13.5. The molecule has 9 nitrogen and oxygen atoms in total. The van der Waals surface area contributed by atoms with Crippen molar-refractivity contribution < 1.29 is 37.3 Å². The van der Waals surface area contributed by atoms with E-state index in [0.29, 0.717) is 23.9 Å². The van der Waals surface area contributed by atoms with E-state index >= 15 is 0 Å². The number of phosphoric acid groups is 1. The van der Waals surface area contributed by atoms with Gasteiger partial charge in [-0.15, -0.1) is 0 Å². The molecule has 0 bridgehead atoms. The molecule has 0 spiro atoms. The van der Waals surface area contributed by atoms with Gasteiger partial charge in [0.15, 0.2) is 0 Å². The average Bonchev–Trinajstić information content (AvgIpc) is 3.31. The lowest BCUT2D eigenvalue weighted by atomic mass is 10.0. The number of rotatable bonds is 48. The number of phosphoric ester groups is 1. The van der Waals surface area contributed by atoms with Crippen LogP contribution < -0.4 is 5.32 Å². The van der Waals surface area contributed by atoms with E-state index < -0.39 is 20.0 Å². The van der Waals surface area contributed by atoms with Gasteiger partial charge < -0.3 is 19.4 Å². The monoisotopic (exact) mass is 984 g/mol. The molecule has 0 aliphatic heterocycles. The molecule has 10 heteroatoms. The molecule has 3 atom stereocenters. The van der Waals surface area contributed by atoms with Crippen molar-refractivity contribution >= 4 is 19.7 Å². The average molecular weight is 984 g/mol. The zero-order valence-electron chi connectivity index (χ0n) is 45.0. The van der Waals surface area contributed by atoms with Gasteiger partial charge in [0.2, 0.25) is 5.91 Å². The number of allylic oxidation sites excluding steroid dienone is 15. The van der Waals surface area contributed by atoms with Gasteiger partial charge >= 0.3 is 13.8 Å². The second kappa shape index (κ2) is 48.6. The van der Waals surface area contributed by atoms with Crippen LogP contribution in [0.15, 0.2) is 97.2 Å². The molecule has 0 aromatic rings. The van der Waals surface area contributed by atoms with E-state index in [9.17, 15) is 19.0 Å². The number of unbranched alkanes of at least 4 members (excludes halogenated alkanes) is 18. The molecule has 0 rings (SSSR count). The van der Waals surface area contributed by atoms with Crippen molar-refractivity contribution in [3.05, 3.63) is 97.2 Å². The molecular formula is C59H104N2O7P+. The zero-order chi connectivity index (χ0) is 50.8. The first kappa shape index (κ1) is 65.9. The van der Waals surface area contributed by atoms with Crippen LogP contribution in [0.4, 0.5) is 0 Å². The van der Waals surface area contributed by atoms with Crippen molar-refractivity contribution in [3.63, 3.8) is 0 Å². The van der Waals surface area contributed by atoms with Gasteiger partial charge in [0.05, 0.1) is 33.8 Å². The van der Waals surface area contributed by atoms with E-state index in [1.807, 2.05) is 33.3 Å². The maximum Gasteiger partial charge on any atom is 0.472 e. The number of carbonyl (C=O) groups is 2. The second-order valence-corrected chi connectivity index (χ2v) is 20.8. The van der Waals surface area contributed by atoms with Crippen LogP contribution in [0.3, 0.4) is 0 Å². The normalized spacial score (nSPS) is 14.6. The lowest BCUT2D eigenvalue weighted by molar-refractivity contribution is -0.870. The minimum Gasteiger partial charge on any atom is -0.456 e. The van der Waals surface area contributed by atoms with Gasteiger partial charge in [0.25, 0.3) is 0 Å². The summed E-state index contributed by atoms with van der Waals surface area (Å²) >= 11 is 0. The fourth-order valence-electron chi connectivity index (χ4n) is 7.30. The van der Waals surface area contributed by atoms with E-state index in [1.54, 1.807) is 0 Å². The third kappa shape index (κ3) is 49.7. The Kier molecular flexibility index (Phi) is 46.4. The highest BCUT2D eigenvalue weighted by Crippen LogP contribution is 2.43. The molecule has 0 fully saturated rings. The second-order valence-electron chi connectivity index (χ2n) is 19.3. The summed E-state index contributed by atoms with van der Waals surface area (Å²) in [6.07, 6.45) is 64.0. The quantitative estimate of drug-likeness (QED) is 0.0205. The fraction of sp³-hybridized carbons (Fsp3) is 0.695. The van der Waals surface area contributed by atoms with Crippen LogP contribution in [-0.2, 0) is 27.9 Å². The molecule has 0 saturated heterocycles. The van der Waals surface area contributed by atoms with Crippen LogP contribution in [0.5, 0.6) is 0 Å². The number of nitrogens with zero attached hydrogens (tertiary/aromatic N) is 1. The molecule has 1 amide bonds. The molecule has 0 heterocycles. The van der Waals surface area contributed by atoms with Crippen molar-refractivity contribution in [2.45, 2.75) is 226 Å². The van der Waals surface area contributed by atoms with Crippen molar-refractivity contribution in [2.24, 2.45) is 0 Å². The summed E-state index contributed by atoms with van der Waals surface area (Å²) in [7, 11) is 1.45.